The monoisotopic (exact) mass is 433 g/mol. The van der Waals surface area contributed by atoms with Gasteiger partial charge in [0.15, 0.2) is 0 Å². The van der Waals surface area contributed by atoms with Gasteiger partial charge in [0.25, 0.3) is 5.91 Å². The normalized spacial score (nSPS) is 12.1. The van der Waals surface area contributed by atoms with Gasteiger partial charge in [-0.3, -0.25) is 14.5 Å². The summed E-state index contributed by atoms with van der Waals surface area (Å²) < 4.78 is 1.81. The SMILES string of the molecule is CC(NC(=O)/C(C#N)=C/c1cn(Cc2ccccc2)nc1-c1cccnc1)c1ccccc1. The number of amides is 1. The van der Waals surface area contributed by atoms with Crippen LogP contribution in [0.2, 0.25) is 0 Å². The Balaban J connectivity index is 1.65. The van der Waals surface area contributed by atoms with E-state index in [4.69, 9.17) is 5.10 Å². The van der Waals surface area contributed by atoms with Crippen molar-refractivity contribution < 1.29 is 4.79 Å². The molecule has 0 spiro atoms. The summed E-state index contributed by atoms with van der Waals surface area (Å²) in [5, 5.41) is 17.4. The van der Waals surface area contributed by atoms with Crippen LogP contribution < -0.4 is 5.32 Å². The molecular formula is C27H23N5O. The molecule has 4 aromatic rings. The molecule has 0 bridgehead atoms. The summed E-state index contributed by atoms with van der Waals surface area (Å²) in [7, 11) is 0. The fourth-order valence-electron chi connectivity index (χ4n) is 3.52. The summed E-state index contributed by atoms with van der Waals surface area (Å²) in [6.07, 6.45) is 6.85. The topological polar surface area (TPSA) is 83.6 Å². The summed E-state index contributed by atoms with van der Waals surface area (Å²) in [5.74, 6) is -0.429. The van der Waals surface area contributed by atoms with Crippen LogP contribution in [-0.2, 0) is 11.3 Å². The number of benzene rings is 2. The van der Waals surface area contributed by atoms with E-state index in [1.165, 1.54) is 0 Å². The van der Waals surface area contributed by atoms with E-state index in [0.29, 0.717) is 17.8 Å². The van der Waals surface area contributed by atoms with E-state index < -0.39 is 5.91 Å². The maximum absolute atomic E-state index is 12.9. The van der Waals surface area contributed by atoms with Gasteiger partial charge in [0.2, 0.25) is 0 Å². The smallest absolute Gasteiger partial charge is 0.262 e. The Bertz CT molecular complexity index is 1290. The number of hydrogen-bond acceptors (Lipinski definition) is 4. The molecule has 2 heterocycles. The zero-order chi connectivity index (χ0) is 23.0. The van der Waals surface area contributed by atoms with Crippen molar-refractivity contribution in [1.82, 2.24) is 20.1 Å². The maximum Gasteiger partial charge on any atom is 0.262 e. The molecule has 0 saturated carbocycles. The van der Waals surface area contributed by atoms with Crippen molar-refractivity contribution in [2.24, 2.45) is 0 Å². The van der Waals surface area contributed by atoms with Crippen molar-refractivity contribution in [2.75, 3.05) is 0 Å². The molecule has 1 amide bonds. The molecular weight excluding hydrogens is 410 g/mol. The van der Waals surface area contributed by atoms with Crippen molar-refractivity contribution in [3.63, 3.8) is 0 Å². The second-order valence-corrected chi connectivity index (χ2v) is 7.63. The number of hydrogen-bond donors (Lipinski definition) is 1. The average molecular weight is 434 g/mol. The number of nitriles is 1. The van der Waals surface area contributed by atoms with Crippen LogP contribution in [0.4, 0.5) is 0 Å². The number of aromatic nitrogens is 3. The van der Waals surface area contributed by atoms with Crippen LogP contribution in [0.1, 0.15) is 29.7 Å². The summed E-state index contributed by atoms with van der Waals surface area (Å²) >= 11 is 0. The van der Waals surface area contributed by atoms with E-state index >= 15 is 0 Å². The first kappa shape index (κ1) is 21.7. The Hall–Kier alpha value is -4.50. The molecule has 1 atom stereocenters. The minimum Gasteiger partial charge on any atom is -0.345 e. The van der Waals surface area contributed by atoms with Crippen molar-refractivity contribution in [3.8, 4) is 17.3 Å². The second-order valence-electron chi connectivity index (χ2n) is 7.63. The lowest BCUT2D eigenvalue weighted by Gasteiger charge is -2.13. The zero-order valence-corrected chi connectivity index (χ0v) is 18.2. The number of carbonyl (C=O) groups excluding carboxylic acids is 1. The largest absolute Gasteiger partial charge is 0.345 e. The molecule has 0 aliphatic heterocycles. The molecule has 33 heavy (non-hydrogen) atoms. The van der Waals surface area contributed by atoms with Crippen molar-refractivity contribution >= 4 is 12.0 Å². The Morgan fingerprint density at radius 2 is 1.82 bits per heavy atom. The van der Waals surface area contributed by atoms with Gasteiger partial charge in [-0.05, 0) is 36.3 Å². The van der Waals surface area contributed by atoms with Crippen LogP contribution in [0.3, 0.4) is 0 Å². The predicted octanol–water partition coefficient (Wildman–Crippen LogP) is 4.78. The summed E-state index contributed by atoms with van der Waals surface area (Å²) in [6, 6.07) is 25.2. The molecule has 0 radical (unpaired) electrons. The Morgan fingerprint density at radius 3 is 2.48 bits per heavy atom. The third kappa shape index (κ3) is 5.41. The lowest BCUT2D eigenvalue weighted by atomic mass is 10.1. The number of carbonyl (C=O) groups is 1. The first-order chi connectivity index (χ1) is 16.1. The van der Waals surface area contributed by atoms with Crippen LogP contribution in [0.5, 0.6) is 0 Å². The van der Waals surface area contributed by atoms with Crippen LogP contribution in [-0.4, -0.2) is 20.7 Å². The van der Waals surface area contributed by atoms with E-state index in [1.807, 2.05) is 96.7 Å². The van der Waals surface area contributed by atoms with Crippen LogP contribution >= 0.6 is 0 Å². The molecule has 2 aromatic carbocycles. The Morgan fingerprint density at radius 1 is 1.09 bits per heavy atom. The van der Waals surface area contributed by atoms with Crippen LogP contribution in [0.25, 0.3) is 17.3 Å². The van der Waals surface area contributed by atoms with Gasteiger partial charge in [-0.15, -0.1) is 0 Å². The van der Waals surface area contributed by atoms with Crippen LogP contribution in [0, 0.1) is 11.3 Å². The highest BCUT2D eigenvalue weighted by Gasteiger charge is 2.17. The standard InChI is InChI=1S/C27H23N5O/c1-20(22-11-6-3-7-12-22)30-27(33)24(16-28)15-25-19-32(18-21-9-4-2-5-10-21)31-26(25)23-13-8-14-29-17-23/h2-15,17,19-20H,18H2,1H3,(H,30,33)/b24-15+. The molecule has 4 rings (SSSR count). The molecule has 1 unspecified atom stereocenters. The summed E-state index contributed by atoms with van der Waals surface area (Å²) in [4.78, 5) is 17.1. The lowest BCUT2D eigenvalue weighted by molar-refractivity contribution is -0.117. The average Bonchev–Trinajstić information content (AvgIpc) is 3.26. The van der Waals surface area contributed by atoms with Crippen molar-refractivity contribution in [3.05, 3.63) is 114 Å². The Kier molecular flexibility index (Phi) is 6.72. The van der Waals surface area contributed by atoms with E-state index in [1.54, 1.807) is 18.5 Å². The van der Waals surface area contributed by atoms with Gasteiger partial charge < -0.3 is 5.32 Å². The molecule has 0 fully saturated rings. The van der Waals surface area contributed by atoms with Gasteiger partial charge in [0, 0.05) is 29.7 Å². The number of nitrogens with zero attached hydrogens (tertiary/aromatic N) is 4. The lowest BCUT2D eigenvalue weighted by Crippen LogP contribution is -2.27. The first-order valence-electron chi connectivity index (χ1n) is 10.6. The van der Waals surface area contributed by atoms with Crippen LogP contribution in [0.15, 0.2) is 97.0 Å². The zero-order valence-electron chi connectivity index (χ0n) is 18.2. The van der Waals surface area contributed by atoms with Gasteiger partial charge in [0.05, 0.1) is 12.6 Å². The molecule has 0 aliphatic carbocycles. The third-order valence-corrected chi connectivity index (χ3v) is 5.22. The molecule has 0 saturated heterocycles. The number of rotatable bonds is 7. The van der Waals surface area contributed by atoms with Crippen molar-refractivity contribution in [2.45, 2.75) is 19.5 Å². The summed E-state index contributed by atoms with van der Waals surface area (Å²) in [5.41, 5.74) is 4.24. The quantitative estimate of drug-likeness (QED) is 0.336. The van der Waals surface area contributed by atoms with E-state index in [0.717, 1.165) is 16.7 Å². The first-order valence-corrected chi connectivity index (χ1v) is 10.6. The maximum atomic E-state index is 12.9. The highest BCUT2D eigenvalue weighted by atomic mass is 16.1. The minimum atomic E-state index is -0.429. The van der Waals surface area contributed by atoms with Crippen molar-refractivity contribution in [1.29, 1.82) is 5.26 Å². The molecule has 162 valence electrons. The molecule has 6 heteroatoms. The molecule has 0 aliphatic rings. The highest BCUT2D eigenvalue weighted by molar-refractivity contribution is 6.02. The van der Waals surface area contributed by atoms with E-state index in [9.17, 15) is 10.1 Å². The van der Waals surface area contributed by atoms with E-state index in [-0.39, 0.29) is 11.6 Å². The Labute approximate surface area is 192 Å². The summed E-state index contributed by atoms with van der Waals surface area (Å²) in [6.45, 7) is 2.46. The highest BCUT2D eigenvalue weighted by Crippen LogP contribution is 2.24. The fourth-order valence-corrected chi connectivity index (χ4v) is 3.52. The molecule has 6 nitrogen and oxygen atoms in total. The minimum absolute atomic E-state index is 0.0159. The van der Waals surface area contributed by atoms with E-state index in [2.05, 4.69) is 10.3 Å². The second kappa shape index (κ2) is 10.2. The van der Waals surface area contributed by atoms with Gasteiger partial charge >= 0.3 is 0 Å². The van der Waals surface area contributed by atoms with Gasteiger partial charge in [-0.25, -0.2) is 0 Å². The van der Waals surface area contributed by atoms with Gasteiger partial charge in [-0.1, -0.05) is 60.7 Å². The molecule has 2 aromatic heterocycles. The molecule has 1 N–H and O–H groups in total. The van der Waals surface area contributed by atoms with Gasteiger partial charge in [0.1, 0.15) is 17.3 Å². The fraction of sp³-hybridized carbons (Fsp3) is 0.111. The third-order valence-electron chi connectivity index (χ3n) is 5.22. The number of nitrogens with one attached hydrogen (secondary N) is 1. The predicted molar refractivity (Wildman–Crippen MR) is 128 cm³/mol. The van der Waals surface area contributed by atoms with Gasteiger partial charge in [-0.2, -0.15) is 10.4 Å². The number of pyridine rings is 1.